The smallest absolute Gasteiger partial charge is 0.251 e. The topological polar surface area (TPSA) is 32.3 Å². The van der Waals surface area contributed by atoms with E-state index in [0.29, 0.717) is 12.6 Å². The predicted octanol–water partition coefficient (Wildman–Crippen LogP) is 3.56. The fourth-order valence-corrected chi connectivity index (χ4v) is 3.46. The zero-order valence-electron chi connectivity index (χ0n) is 14.6. The lowest BCUT2D eigenvalue weighted by molar-refractivity contribution is 0.0926. The Bertz CT molecular complexity index is 710. The van der Waals surface area contributed by atoms with Gasteiger partial charge in [-0.2, -0.15) is 0 Å². The molecule has 1 heterocycles. The summed E-state index contributed by atoms with van der Waals surface area (Å²) in [6, 6.07) is 16.8. The first kappa shape index (κ1) is 16.7. The monoisotopic (exact) mass is 322 g/mol. The first-order valence-corrected chi connectivity index (χ1v) is 8.83. The Morgan fingerprint density at radius 3 is 2.71 bits per heavy atom. The van der Waals surface area contributed by atoms with Gasteiger partial charge >= 0.3 is 0 Å². The lowest BCUT2D eigenvalue weighted by Crippen LogP contribution is -2.45. The molecule has 1 unspecified atom stereocenters. The van der Waals surface area contributed by atoms with Crippen molar-refractivity contribution in [2.24, 2.45) is 0 Å². The van der Waals surface area contributed by atoms with Crippen molar-refractivity contribution in [3.63, 3.8) is 0 Å². The molecule has 0 bridgehead atoms. The molecule has 3 heteroatoms. The normalized spacial score (nSPS) is 15.6. The zero-order valence-corrected chi connectivity index (χ0v) is 14.6. The maximum atomic E-state index is 12.4. The van der Waals surface area contributed by atoms with E-state index in [0.717, 1.165) is 37.1 Å². The van der Waals surface area contributed by atoms with Crippen LogP contribution >= 0.6 is 0 Å². The third-order valence-electron chi connectivity index (χ3n) is 4.93. The molecule has 0 saturated carbocycles. The van der Waals surface area contributed by atoms with Gasteiger partial charge in [0.1, 0.15) is 0 Å². The van der Waals surface area contributed by atoms with Gasteiger partial charge in [-0.25, -0.2) is 0 Å². The highest BCUT2D eigenvalue weighted by Crippen LogP contribution is 2.21. The van der Waals surface area contributed by atoms with Crippen molar-refractivity contribution in [2.75, 3.05) is 13.1 Å². The number of hydrogen-bond donors (Lipinski definition) is 1. The molecule has 0 aliphatic carbocycles. The third kappa shape index (κ3) is 3.85. The van der Waals surface area contributed by atoms with Crippen LogP contribution in [-0.2, 0) is 13.0 Å². The van der Waals surface area contributed by atoms with Crippen LogP contribution in [-0.4, -0.2) is 29.9 Å². The fourth-order valence-electron chi connectivity index (χ4n) is 3.46. The van der Waals surface area contributed by atoms with Crippen LogP contribution < -0.4 is 5.32 Å². The van der Waals surface area contributed by atoms with E-state index in [1.54, 1.807) is 0 Å². The van der Waals surface area contributed by atoms with Gasteiger partial charge in [0.15, 0.2) is 0 Å². The molecule has 2 aromatic rings. The number of amides is 1. The lowest BCUT2D eigenvalue weighted by atomic mass is 9.98. The first-order chi connectivity index (χ1) is 11.7. The van der Waals surface area contributed by atoms with E-state index in [1.165, 1.54) is 11.1 Å². The number of nitrogens with zero attached hydrogens (tertiary/aromatic N) is 1. The predicted molar refractivity (Wildman–Crippen MR) is 98.1 cm³/mol. The third-order valence-corrected chi connectivity index (χ3v) is 4.93. The minimum Gasteiger partial charge on any atom is -0.350 e. The van der Waals surface area contributed by atoms with E-state index < -0.39 is 0 Å². The summed E-state index contributed by atoms with van der Waals surface area (Å²) in [6.45, 7) is 6.96. The molecule has 1 aliphatic rings. The van der Waals surface area contributed by atoms with E-state index in [2.05, 4.69) is 41.4 Å². The van der Waals surface area contributed by atoms with E-state index in [-0.39, 0.29) is 5.91 Å². The molecule has 0 radical (unpaired) electrons. The minimum absolute atomic E-state index is 0.0227. The van der Waals surface area contributed by atoms with Crippen LogP contribution in [0.3, 0.4) is 0 Å². The van der Waals surface area contributed by atoms with Gasteiger partial charge in [0.25, 0.3) is 5.91 Å². The summed E-state index contributed by atoms with van der Waals surface area (Å²) >= 11 is 0. The highest BCUT2D eigenvalue weighted by molar-refractivity contribution is 5.94. The van der Waals surface area contributed by atoms with Gasteiger partial charge in [-0.1, -0.05) is 48.9 Å². The molecule has 0 saturated heterocycles. The second-order valence-corrected chi connectivity index (χ2v) is 6.63. The van der Waals surface area contributed by atoms with Crippen LogP contribution in [0.25, 0.3) is 0 Å². The van der Waals surface area contributed by atoms with Crippen molar-refractivity contribution in [2.45, 2.75) is 39.3 Å². The number of nitrogens with one attached hydrogen (secondary N) is 1. The molecular weight excluding hydrogens is 296 g/mol. The average Bonchev–Trinajstić information content (AvgIpc) is 2.62. The number of aryl methyl sites for hydroxylation is 1. The molecule has 2 aromatic carbocycles. The second kappa shape index (κ2) is 7.63. The molecule has 3 nitrogen and oxygen atoms in total. The van der Waals surface area contributed by atoms with Gasteiger partial charge in [-0.3, -0.25) is 9.69 Å². The van der Waals surface area contributed by atoms with Crippen molar-refractivity contribution in [1.82, 2.24) is 10.2 Å². The van der Waals surface area contributed by atoms with Crippen LogP contribution in [0.2, 0.25) is 0 Å². The van der Waals surface area contributed by atoms with E-state index in [9.17, 15) is 4.79 Å². The quantitative estimate of drug-likeness (QED) is 0.913. The van der Waals surface area contributed by atoms with Crippen LogP contribution in [0, 0.1) is 6.92 Å². The van der Waals surface area contributed by atoms with Gasteiger partial charge in [0.05, 0.1) is 0 Å². The Hall–Kier alpha value is -2.13. The molecule has 126 valence electrons. The summed E-state index contributed by atoms with van der Waals surface area (Å²) in [5.41, 5.74) is 4.75. The molecule has 0 fully saturated rings. The number of hydrogen-bond acceptors (Lipinski definition) is 2. The number of carbonyl (C=O) groups is 1. The summed E-state index contributed by atoms with van der Waals surface area (Å²) in [5, 5.41) is 3.12. The van der Waals surface area contributed by atoms with Gasteiger partial charge in [-0.05, 0) is 43.0 Å². The lowest BCUT2D eigenvalue weighted by Gasteiger charge is -2.35. The minimum atomic E-state index is 0.0227. The van der Waals surface area contributed by atoms with Gasteiger partial charge in [-0.15, -0.1) is 0 Å². The molecule has 24 heavy (non-hydrogen) atoms. The molecule has 1 N–H and O–H groups in total. The average molecular weight is 322 g/mol. The number of rotatable bonds is 5. The number of carbonyl (C=O) groups excluding carboxylic acids is 1. The number of fused-ring (bicyclic) bond motifs is 1. The van der Waals surface area contributed by atoms with Crippen LogP contribution in [0.4, 0.5) is 0 Å². The first-order valence-electron chi connectivity index (χ1n) is 8.83. The van der Waals surface area contributed by atoms with Crippen molar-refractivity contribution < 1.29 is 4.79 Å². The van der Waals surface area contributed by atoms with E-state index in [1.807, 2.05) is 31.2 Å². The van der Waals surface area contributed by atoms with Crippen molar-refractivity contribution in [1.29, 1.82) is 0 Å². The maximum absolute atomic E-state index is 12.4. The molecule has 1 amide bonds. The summed E-state index contributed by atoms with van der Waals surface area (Å²) in [7, 11) is 0. The van der Waals surface area contributed by atoms with Crippen LogP contribution in [0.15, 0.2) is 48.5 Å². The Morgan fingerprint density at radius 1 is 1.17 bits per heavy atom. The Morgan fingerprint density at radius 2 is 1.96 bits per heavy atom. The zero-order chi connectivity index (χ0) is 16.9. The highest BCUT2D eigenvalue weighted by atomic mass is 16.1. The Labute approximate surface area is 144 Å². The van der Waals surface area contributed by atoms with Crippen molar-refractivity contribution in [3.8, 4) is 0 Å². The van der Waals surface area contributed by atoms with Crippen molar-refractivity contribution in [3.05, 3.63) is 70.8 Å². The molecule has 0 aromatic heterocycles. The van der Waals surface area contributed by atoms with Crippen molar-refractivity contribution >= 4 is 5.91 Å². The van der Waals surface area contributed by atoms with Crippen LogP contribution in [0.1, 0.15) is 40.4 Å². The SMILES string of the molecule is CCC(CNC(=O)c1cccc(C)c1)N1CCc2ccccc2C1. The molecule has 1 aliphatic heterocycles. The van der Waals surface area contributed by atoms with Gasteiger partial charge in [0.2, 0.25) is 0 Å². The molecule has 0 spiro atoms. The largest absolute Gasteiger partial charge is 0.350 e. The highest BCUT2D eigenvalue weighted by Gasteiger charge is 2.22. The Balaban J connectivity index is 1.60. The van der Waals surface area contributed by atoms with Crippen LogP contribution in [0.5, 0.6) is 0 Å². The number of benzene rings is 2. The van der Waals surface area contributed by atoms with E-state index in [4.69, 9.17) is 0 Å². The van der Waals surface area contributed by atoms with E-state index >= 15 is 0 Å². The summed E-state index contributed by atoms with van der Waals surface area (Å²) in [5.74, 6) is 0.0227. The fraction of sp³-hybridized carbons (Fsp3) is 0.381. The summed E-state index contributed by atoms with van der Waals surface area (Å²) in [6.07, 6.45) is 2.13. The standard InChI is InChI=1S/C21H26N2O/c1-3-20(14-22-21(24)18-10-6-7-16(2)13-18)23-12-11-17-8-4-5-9-19(17)15-23/h4-10,13,20H,3,11-12,14-15H2,1-2H3,(H,22,24). The van der Waals surface area contributed by atoms with Gasteiger partial charge in [0, 0.05) is 31.2 Å². The summed E-state index contributed by atoms with van der Waals surface area (Å²) in [4.78, 5) is 14.9. The molecule has 1 atom stereocenters. The summed E-state index contributed by atoms with van der Waals surface area (Å²) < 4.78 is 0. The second-order valence-electron chi connectivity index (χ2n) is 6.63. The Kier molecular flexibility index (Phi) is 5.31. The molecular formula is C21H26N2O. The maximum Gasteiger partial charge on any atom is 0.251 e. The molecule has 3 rings (SSSR count). The van der Waals surface area contributed by atoms with Gasteiger partial charge < -0.3 is 5.32 Å².